The number of carbonyl (C=O) groups is 1. The van der Waals surface area contributed by atoms with Crippen molar-refractivity contribution in [2.24, 2.45) is 0 Å². The first kappa shape index (κ1) is 15.9. The van der Waals surface area contributed by atoms with Crippen LogP contribution in [-0.2, 0) is 25.6 Å². The molecular weight excluding hydrogens is 272 g/mol. The van der Waals surface area contributed by atoms with Gasteiger partial charge in [0.2, 0.25) is 0 Å². The van der Waals surface area contributed by atoms with Crippen molar-refractivity contribution in [2.75, 3.05) is 13.2 Å². The SMILES string of the molecule is CC(=O)OC[C@H]1C[C@@H](OCc2ccccc2)C[C@@H](CO)O1. The second-order valence-electron chi connectivity index (χ2n) is 5.26. The van der Waals surface area contributed by atoms with Crippen LogP contribution in [0.25, 0.3) is 0 Å². The van der Waals surface area contributed by atoms with Crippen LogP contribution >= 0.6 is 0 Å². The molecule has 0 spiro atoms. The Morgan fingerprint density at radius 3 is 2.67 bits per heavy atom. The highest BCUT2D eigenvalue weighted by Gasteiger charge is 2.30. The summed E-state index contributed by atoms with van der Waals surface area (Å²) in [5.74, 6) is -0.327. The first-order valence-corrected chi connectivity index (χ1v) is 7.22. The fourth-order valence-corrected chi connectivity index (χ4v) is 2.43. The van der Waals surface area contributed by atoms with Gasteiger partial charge in [-0.2, -0.15) is 0 Å². The summed E-state index contributed by atoms with van der Waals surface area (Å²) < 4.78 is 16.6. The van der Waals surface area contributed by atoms with Gasteiger partial charge in [0.25, 0.3) is 0 Å². The van der Waals surface area contributed by atoms with E-state index < -0.39 is 0 Å². The number of aliphatic hydroxyl groups is 1. The molecule has 1 saturated heterocycles. The summed E-state index contributed by atoms with van der Waals surface area (Å²) in [5.41, 5.74) is 1.11. The van der Waals surface area contributed by atoms with Gasteiger partial charge in [0.1, 0.15) is 6.61 Å². The Balaban J connectivity index is 1.84. The minimum Gasteiger partial charge on any atom is -0.463 e. The summed E-state index contributed by atoms with van der Waals surface area (Å²) in [7, 11) is 0. The molecule has 3 atom stereocenters. The van der Waals surface area contributed by atoms with E-state index in [0.717, 1.165) is 5.56 Å². The lowest BCUT2D eigenvalue weighted by Crippen LogP contribution is -2.41. The summed E-state index contributed by atoms with van der Waals surface area (Å²) in [6.07, 6.45) is 0.827. The van der Waals surface area contributed by atoms with E-state index in [1.165, 1.54) is 6.92 Å². The highest BCUT2D eigenvalue weighted by atomic mass is 16.6. The van der Waals surface area contributed by atoms with Gasteiger partial charge in [-0.25, -0.2) is 0 Å². The lowest BCUT2D eigenvalue weighted by Gasteiger charge is -2.34. The summed E-state index contributed by atoms with van der Waals surface area (Å²) >= 11 is 0. The summed E-state index contributed by atoms with van der Waals surface area (Å²) in [5, 5.41) is 9.30. The summed E-state index contributed by atoms with van der Waals surface area (Å²) in [6, 6.07) is 9.94. The van der Waals surface area contributed by atoms with E-state index in [1.54, 1.807) is 0 Å². The van der Waals surface area contributed by atoms with Crippen LogP contribution in [0.5, 0.6) is 0 Å². The number of ether oxygens (including phenoxy) is 3. The largest absolute Gasteiger partial charge is 0.463 e. The van der Waals surface area contributed by atoms with Gasteiger partial charge in [-0.05, 0) is 5.56 Å². The van der Waals surface area contributed by atoms with Crippen LogP contribution in [0.3, 0.4) is 0 Å². The van der Waals surface area contributed by atoms with E-state index in [2.05, 4.69) is 0 Å². The lowest BCUT2D eigenvalue weighted by atomic mass is 10.0. The first-order valence-electron chi connectivity index (χ1n) is 7.22. The second-order valence-corrected chi connectivity index (χ2v) is 5.26. The molecule has 0 bridgehead atoms. The topological polar surface area (TPSA) is 65.0 Å². The molecule has 0 radical (unpaired) electrons. The van der Waals surface area contributed by atoms with E-state index in [-0.39, 0.29) is 37.5 Å². The quantitative estimate of drug-likeness (QED) is 0.809. The molecule has 116 valence electrons. The zero-order chi connectivity index (χ0) is 15.1. The maximum absolute atomic E-state index is 10.9. The van der Waals surface area contributed by atoms with Gasteiger partial charge in [0, 0.05) is 19.8 Å². The fraction of sp³-hybridized carbons (Fsp3) is 0.562. The van der Waals surface area contributed by atoms with Gasteiger partial charge in [0.15, 0.2) is 0 Å². The third-order valence-electron chi connectivity index (χ3n) is 3.44. The number of benzene rings is 1. The molecule has 0 aliphatic carbocycles. The second kappa shape index (κ2) is 8.12. The van der Waals surface area contributed by atoms with Crippen molar-refractivity contribution < 1.29 is 24.1 Å². The monoisotopic (exact) mass is 294 g/mol. The Morgan fingerprint density at radius 1 is 1.29 bits per heavy atom. The van der Waals surface area contributed by atoms with E-state index in [1.807, 2.05) is 30.3 Å². The highest BCUT2D eigenvalue weighted by molar-refractivity contribution is 5.65. The molecule has 2 rings (SSSR count). The van der Waals surface area contributed by atoms with Gasteiger partial charge in [-0.15, -0.1) is 0 Å². The van der Waals surface area contributed by atoms with Gasteiger partial charge < -0.3 is 19.3 Å². The van der Waals surface area contributed by atoms with Gasteiger partial charge in [-0.3, -0.25) is 4.79 Å². The molecule has 5 heteroatoms. The molecular formula is C16H22O5. The van der Waals surface area contributed by atoms with Crippen LogP contribution in [0.4, 0.5) is 0 Å². The Morgan fingerprint density at radius 2 is 2.00 bits per heavy atom. The van der Waals surface area contributed by atoms with E-state index in [4.69, 9.17) is 14.2 Å². The predicted octanol–water partition coefficient (Wildman–Crippen LogP) is 1.67. The van der Waals surface area contributed by atoms with E-state index in [9.17, 15) is 9.90 Å². The average Bonchev–Trinajstić information content (AvgIpc) is 2.51. The van der Waals surface area contributed by atoms with Crippen LogP contribution in [0, 0.1) is 0 Å². The highest BCUT2D eigenvalue weighted by Crippen LogP contribution is 2.23. The first-order chi connectivity index (χ1) is 10.2. The number of carbonyl (C=O) groups excluding carboxylic acids is 1. The zero-order valence-corrected chi connectivity index (χ0v) is 12.2. The molecule has 21 heavy (non-hydrogen) atoms. The van der Waals surface area contributed by atoms with E-state index >= 15 is 0 Å². The molecule has 1 fully saturated rings. The van der Waals surface area contributed by atoms with Crippen LogP contribution in [0.2, 0.25) is 0 Å². The fourth-order valence-electron chi connectivity index (χ4n) is 2.43. The number of aliphatic hydroxyl groups excluding tert-OH is 1. The molecule has 1 N–H and O–H groups in total. The molecule has 1 aliphatic rings. The minimum atomic E-state index is -0.327. The Labute approximate surface area is 124 Å². The number of esters is 1. The normalized spacial score (nSPS) is 25.5. The Bertz CT molecular complexity index is 434. The molecule has 0 amide bonds. The molecule has 1 heterocycles. The van der Waals surface area contributed by atoms with E-state index in [0.29, 0.717) is 19.4 Å². The molecule has 1 aromatic rings. The Hall–Kier alpha value is -1.43. The summed E-state index contributed by atoms with van der Waals surface area (Å²) in [6.45, 7) is 2.05. The molecule has 1 aliphatic heterocycles. The van der Waals surface area contributed by atoms with Crippen molar-refractivity contribution in [3.63, 3.8) is 0 Å². The molecule has 1 aromatic carbocycles. The van der Waals surface area contributed by atoms with Gasteiger partial charge in [0.05, 0.1) is 31.5 Å². The van der Waals surface area contributed by atoms with Crippen molar-refractivity contribution in [2.45, 2.75) is 44.7 Å². The van der Waals surface area contributed by atoms with Crippen LogP contribution in [0.1, 0.15) is 25.3 Å². The average molecular weight is 294 g/mol. The minimum absolute atomic E-state index is 0.00309. The molecule has 5 nitrogen and oxygen atoms in total. The number of hydrogen-bond donors (Lipinski definition) is 1. The summed E-state index contributed by atoms with van der Waals surface area (Å²) in [4.78, 5) is 10.9. The smallest absolute Gasteiger partial charge is 0.302 e. The number of rotatable bonds is 6. The third kappa shape index (κ3) is 5.46. The third-order valence-corrected chi connectivity index (χ3v) is 3.44. The molecule has 0 unspecified atom stereocenters. The molecule has 0 aromatic heterocycles. The van der Waals surface area contributed by atoms with Gasteiger partial charge >= 0.3 is 5.97 Å². The Kier molecular flexibility index (Phi) is 6.17. The standard InChI is InChI=1S/C16H22O5/c1-12(18)19-11-16-8-14(7-15(9-17)21-16)20-10-13-5-3-2-4-6-13/h2-6,14-17H,7-11H2,1H3/t14-,15-,16+/m0/s1. The molecule has 0 saturated carbocycles. The van der Waals surface area contributed by atoms with Crippen LogP contribution in [-0.4, -0.2) is 42.6 Å². The maximum Gasteiger partial charge on any atom is 0.302 e. The van der Waals surface area contributed by atoms with Crippen molar-refractivity contribution in [3.05, 3.63) is 35.9 Å². The number of hydrogen-bond acceptors (Lipinski definition) is 5. The van der Waals surface area contributed by atoms with Crippen LogP contribution < -0.4 is 0 Å². The lowest BCUT2D eigenvalue weighted by molar-refractivity contribution is -0.163. The van der Waals surface area contributed by atoms with Crippen LogP contribution in [0.15, 0.2) is 30.3 Å². The van der Waals surface area contributed by atoms with Crippen molar-refractivity contribution >= 4 is 5.97 Å². The van der Waals surface area contributed by atoms with Crippen molar-refractivity contribution in [1.29, 1.82) is 0 Å². The maximum atomic E-state index is 10.9. The van der Waals surface area contributed by atoms with Gasteiger partial charge in [-0.1, -0.05) is 30.3 Å². The zero-order valence-electron chi connectivity index (χ0n) is 12.2. The van der Waals surface area contributed by atoms with Crippen molar-refractivity contribution in [1.82, 2.24) is 0 Å². The van der Waals surface area contributed by atoms with Crippen molar-refractivity contribution in [3.8, 4) is 0 Å². The predicted molar refractivity (Wildman–Crippen MR) is 76.6 cm³/mol.